The van der Waals surface area contributed by atoms with Crippen molar-refractivity contribution in [1.29, 1.82) is 0 Å². The van der Waals surface area contributed by atoms with E-state index in [2.05, 4.69) is 20.9 Å². The van der Waals surface area contributed by atoms with E-state index in [0.29, 0.717) is 29.3 Å². The van der Waals surface area contributed by atoms with Gasteiger partial charge in [-0.2, -0.15) is 0 Å². The largest absolute Gasteiger partial charge is 0.504 e. The number of anilines is 1. The Morgan fingerprint density at radius 1 is 1.00 bits per heavy atom. The number of phenols is 2. The summed E-state index contributed by atoms with van der Waals surface area (Å²) in [5, 5.41) is 29.7. The molecule has 3 N–H and O–H groups in total. The summed E-state index contributed by atoms with van der Waals surface area (Å²) in [6.07, 6.45) is -0.389. The average Bonchev–Trinajstić information content (AvgIpc) is 2.91. The van der Waals surface area contributed by atoms with E-state index in [1.807, 2.05) is 66.5 Å². The van der Waals surface area contributed by atoms with Crippen LogP contribution in [-0.4, -0.2) is 56.9 Å². The number of aliphatic hydroxyl groups excluding tert-OH is 1. The first kappa shape index (κ1) is 26.9. The maximum absolute atomic E-state index is 13.0. The number of rotatable bonds is 8. The molecule has 38 heavy (non-hydrogen) atoms. The van der Waals surface area contributed by atoms with Gasteiger partial charge in [0, 0.05) is 30.7 Å². The normalized spacial score (nSPS) is 11.6. The smallest absolute Gasteiger partial charge is 0.415 e. The van der Waals surface area contributed by atoms with Gasteiger partial charge >= 0.3 is 6.09 Å². The summed E-state index contributed by atoms with van der Waals surface area (Å²) in [6, 6.07) is 21.4. The van der Waals surface area contributed by atoms with E-state index in [1.54, 1.807) is 0 Å². The predicted molar refractivity (Wildman–Crippen MR) is 147 cm³/mol. The Morgan fingerprint density at radius 2 is 1.71 bits per heavy atom. The third-order valence-corrected chi connectivity index (χ3v) is 6.51. The van der Waals surface area contributed by atoms with Gasteiger partial charge in [0.25, 0.3) is 0 Å². The molecule has 1 amide bonds. The lowest BCUT2D eigenvalue weighted by Crippen LogP contribution is -2.33. The molecule has 0 aliphatic rings. The number of likely N-dealkylation sites (N-methyl/N-ethyl adjacent to an activating group) is 1. The van der Waals surface area contributed by atoms with Crippen LogP contribution in [0.3, 0.4) is 0 Å². The second-order valence-corrected chi connectivity index (χ2v) is 9.57. The van der Waals surface area contributed by atoms with E-state index >= 15 is 0 Å². The van der Waals surface area contributed by atoms with E-state index in [1.165, 1.54) is 36.3 Å². The molecular weight excluding hydrogens is 552 g/mol. The number of ether oxygens (including phenoxy) is 1. The number of hydrogen-bond acceptors (Lipinski definition) is 8. The minimum atomic E-state index is -1.12. The van der Waals surface area contributed by atoms with Gasteiger partial charge in [-0.3, -0.25) is 0 Å². The van der Waals surface area contributed by atoms with Crippen LogP contribution in [0.5, 0.6) is 17.2 Å². The standard InChI is InChI=1S/C28H27BrN4O5/c1-32(16-18-8-4-3-5-9-18)27-30-15-25(26(31-27)20-10-6-7-11-21(20)29)38-28(37)33(2)17-24(36)19-12-13-22(34)23(35)14-19/h3-15,24,34-36H,16-17H2,1-2H3. The fourth-order valence-electron chi connectivity index (χ4n) is 3.75. The molecule has 0 aliphatic heterocycles. The van der Waals surface area contributed by atoms with Crippen LogP contribution in [0, 0.1) is 0 Å². The topological polar surface area (TPSA) is 119 Å². The van der Waals surface area contributed by atoms with Gasteiger partial charge < -0.3 is 29.9 Å². The minimum absolute atomic E-state index is 0.119. The van der Waals surface area contributed by atoms with Crippen LogP contribution in [0.15, 0.2) is 83.5 Å². The lowest BCUT2D eigenvalue weighted by atomic mass is 10.1. The van der Waals surface area contributed by atoms with Gasteiger partial charge in [-0.1, -0.05) is 70.5 Å². The summed E-state index contributed by atoms with van der Waals surface area (Å²) in [4.78, 5) is 25.2. The number of carbonyl (C=O) groups excluding carboxylic acids is 1. The Labute approximate surface area is 228 Å². The molecule has 0 saturated carbocycles. The molecule has 1 aromatic heterocycles. The Kier molecular flexibility index (Phi) is 8.45. The highest BCUT2D eigenvalue weighted by Crippen LogP contribution is 2.35. The zero-order valence-electron chi connectivity index (χ0n) is 20.8. The quantitative estimate of drug-likeness (QED) is 0.246. The van der Waals surface area contributed by atoms with Gasteiger partial charge in [-0.05, 0) is 29.3 Å². The molecule has 10 heteroatoms. The second-order valence-electron chi connectivity index (χ2n) is 8.72. The maximum atomic E-state index is 13.0. The van der Waals surface area contributed by atoms with Crippen molar-refractivity contribution >= 4 is 28.0 Å². The molecule has 9 nitrogen and oxygen atoms in total. The van der Waals surface area contributed by atoms with Crippen LogP contribution in [0.25, 0.3) is 11.3 Å². The molecule has 1 atom stereocenters. The molecule has 3 aromatic carbocycles. The molecule has 4 aromatic rings. The molecule has 196 valence electrons. The number of phenolic OH excluding ortho intramolecular Hbond substituents is 2. The van der Waals surface area contributed by atoms with Crippen LogP contribution in [-0.2, 0) is 6.54 Å². The third kappa shape index (κ3) is 6.39. The highest BCUT2D eigenvalue weighted by atomic mass is 79.9. The van der Waals surface area contributed by atoms with Crippen molar-refractivity contribution in [2.24, 2.45) is 0 Å². The zero-order chi connectivity index (χ0) is 27.2. The highest BCUT2D eigenvalue weighted by molar-refractivity contribution is 9.10. The van der Waals surface area contributed by atoms with Crippen molar-refractivity contribution in [3.63, 3.8) is 0 Å². The summed E-state index contributed by atoms with van der Waals surface area (Å²) in [5.74, 6) is -0.0526. The summed E-state index contributed by atoms with van der Waals surface area (Å²) in [7, 11) is 3.36. The molecule has 0 spiro atoms. The first-order valence-electron chi connectivity index (χ1n) is 11.7. The van der Waals surface area contributed by atoms with Crippen molar-refractivity contribution in [2.45, 2.75) is 12.6 Å². The first-order chi connectivity index (χ1) is 18.2. The van der Waals surface area contributed by atoms with Crippen molar-refractivity contribution in [3.05, 3.63) is 94.6 Å². The van der Waals surface area contributed by atoms with Crippen LogP contribution in [0.4, 0.5) is 10.7 Å². The molecule has 0 bridgehead atoms. The summed E-state index contributed by atoms with van der Waals surface area (Å²) >= 11 is 3.55. The number of aromatic nitrogens is 2. The Hall–Kier alpha value is -4.15. The Balaban J connectivity index is 1.56. The van der Waals surface area contributed by atoms with Crippen LogP contribution < -0.4 is 9.64 Å². The van der Waals surface area contributed by atoms with Crippen molar-refractivity contribution in [1.82, 2.24) is 14.9 Å². The zero-order valence-corrected chi connectivity index (χ0v) is 22.4. The van der Waals surface area contributed by atoms with E-state index in [9.17, 15) is 20.1 Å². The average molecular weight is 579 g/mol. The fraction of sp³-hybridized carbons (Fsp3) is 0.179. The second kappa shape index (κ2) is 11.9. The van der Waals surface area contributed by atoms with Gasteiger partial charge in [0.2, 0.25) is 5.95 Å². The van der Waals surface area contributed by atoms with Crippen molar-refractivity contribution in [3.8, 4) is 28.5 Å². The molecule has 0 radical (unpaired) electrons. The monoisotopic (exact) mass is 578 g/mol. The molecule has 0 aliphatic carbocycles. The van der Waals surface area contributed by atoms with Gasteiger partial charge in [0.1, 0.15) is 5.69 Å². The SMILES string of the molecule is CN(CC(O)c1ccc(O)c(O)c1)C(=O)Oc1cnc(N(C)Cc2ccccc2)nc1-c1ccccc1Br. The summed E-state index contributed by atoms with van der Waals surface area (Å²) in [6.45, 7) is 0.467. The number of aromatic hydroxyl groups is 2. The maximum Gasteiger partial charge on any atom is 0.415 e. The van der Waals surface area contributed by atoms with Crippen LogP contribution >= 0.6 is 15.9 Å². The number of carbonyl (C=O) groups is 1. The molecule has 1 unspecified atom stereocenters. The molecule has 4 rings (SSSR count). The summed E-state index contributed by atoms with van der Waals surface area (Å²) < 4.78 is 6.44. The number of halogens is 1. The molecule has 0 fully saturated rings. The number of nitrogens with zero attached hydrogens (tertiary/aromatic N) is 4. The van der Waals surface area contributed by atoms with E-state index in [4.69, 9.17) is 9.72 Å². The number of amides is 1. The molecule has 0 saturated heterocycles. The van der Waals surface area contributed by atoms with Gasteiger partial charge in [-0.25, -0.2) is 14.8 Å². The first-order valence-corrected chi connectivity index (χ1v) is 12.5. The number of hydrogen-bond donors (Lipinski definition) is 3. The lowest BCUT2D eigenvalue weighted by Gasteiger charge is -2.22. The predicted octanol–water partition coefficient (Wildman–Crippen LogP) is 5.12. The number of benzene rings is 3. The van der Waals surface area contributed by atoms with E-state index in [-0.39, 0.29) is 23.8 Å². The van der Waals surface area contributed by atoms with Crippen molar-refractivity contribution in [2.75, 3.05) is 25.5 Å². The van der Waals surface area contributed by atoms with Crippen LogP contribution in [0.1, 0.15) is 17.2 Å². The van der Waals surface area contributed by atoms with Crippen LogP contribution in [0.2, 0.25) is 0 Å². The van der Waals surface area contributed by atoms with Gasteiger partial charge in [0.15, 0.2) is 17.2 Å². The van der Waals surface area contributed by atoms with E-state index < -0.39 is 12.2 Å². The lowest BCUT2D eigenvalue weighted by molar-refractivity contribution is 0.112. The van der Waals surface area contributed by atoms with Gasteiger partial charge in [-0.15, -0.1) is 0 Å². The fourth-order valence-corrected chi connectivity index (χ4v) is 4.23. The van der Waals surface area contributed by atoms with E-state index in [0.717, 1.165) is 10.0 Å². The third-order valence-electron chi connectivity index (χ3n) is 5.82. The Morgan fingerprint density at radius 3 is 2.42 bits per heavy atom. The minimum Gasteiger partial charge on any atom is -0.504 e. The number of aliphatic hydroxyl groups is 1. The van der Waals surface area contributed by atoms with Crippen molar-refractivity contribution < 1.29 is 24.9 Å². The summed E-state index contributed by atoms with van der Waals surface area (Å²) in [5.41, 5.74) is 2.57. The Bertz CT molecular complexity index is 1420. The van der Waals surface area contributed by atoms with Gasteiger partial charge in [0.05, 0.1) is 18.8 Å². The molecule has 1 heterocycles. The highest BCUT2D eigenvalue weighted by Gasteiger charge is 2.22. The molecular formula is C28H27BrN4O5.